The normalized spacial score (nSPS) is 15.6. The van der Waals surface area contributed by atoms with Gasteiger partial charge in [0.05, 0.1) is 24.3 Å². The number of likely N-dealkylation sites (tertiary alicyclic amines) is 1. The maximum absolute atomic E-state index is 12.3. The predicted molar refractivity (Wildman–Crippen MR) is 75.1 cm³/mol. The van der Waals surface area contributed by atoms with E-state index < -0.39 is 5.97 Å². The van der Waals surface area contributed by atoms with Gasteiger partial charge in [-0.05, 0) is 19.8 Å². The van der Waals surface area contributed by atoms with Crippen molar-refractivity contribution in [3.05, 3.63) is 18.0 Å². The number of piperidine rings is 1. The second kappa shape index (κ2) is 7.06. The third-order valence-corrected chi connectivity index (χ3v) is 3.58. The van der Waals surface area contributed by atoms with Crippen LogP contribution in [0, 0.1) is 5.92 Å². The quantitative estimate of drug-likeness (QED) is 0.789. The van der Waals surface area contributed by atoms with Crippen molar-refractivity contribution in [3.63, 3.8) is 0 Å². The van der Waals surface area contributed by atoms with Crippen LogP contribution < -0.4 is 0 Å². The monoisotopic (exact) mass is 309 g/mol. The minimum absolute atomic E-state index is 0.154. The first-order valence-electron chi connectivity index (χ1n) is 7.21. The summed E-state index contributed by atoms with van der Waals surface area (Å²) < 4.78 is 6.20. The van der Waals surface area contributed by atoms with Gasteiger partial charge in [0.2, 0.25) is 0 Å². The van der Waals surface area contributed by atoms with E-state index in [-0.39, 0.29) is 24.3 Å². The lowest BCUT2D eigenvalue weighted by molar-refractivity contribution is -0.149. The van der Waals surface area contributed by atoms with E-state index in [0.717, 1.165) is 0 Å². The van der Waals surface area contributed by atoms with E-state index in [1.807, 2.05) is 0 Å². The van der Waals surface area contributed by atoms with E-state index in [9.17, 15) is 14.4 Å². The van der Waals surface area contributed by atoms with Crippen molar-refractivity contribution < 1.29 is 24.2 Å². The fourth-order valence-electron chi connectivity index (χ4n) is 2.46. The summed E-state index contributed by atoms with van der Waals surface area (Å²) in [7, 11) is 0. The lowest BCUT2D eigenvalue weighted by atomic mass is 9.96. The Kier molecular flexibility index (Phi) is 5.13. The molecule has 8 heteroatoms. The molecule has 0 unspecified atom stereocenters. The highest BCUT2D eigenvalue weighted by Gasteiger charge is 2.29. The van der Waals surface area contributed by atoms with Gasteiger partial charge in [-0.25, -0.2) is 0 Å². The second-order valence-electron chi connectivity index (χ2n) is 5.14. The molecule has 2 rings (SSSR count). The molecule has 0 spiro atoms. The molecule has 0 aromatic carbocycles. The van der Waals surface area contributed by atoms with Crippen molar-refractivity contribution >= 4 is 17.8 Å². The molecule has 0 bridgehead atoms. The number of rotatable bonds is 5. The Morgan fingerprint density at radius 3 is 2.64 bits per heavy atom. The first kappa shape index (κ1) is 16.0. The lowest BCUT2D eigenvalue weighted by Crippen LogP contribution is -2.40. The zero-order chi connectivity index (χ0) is 16.1. The van der Waals surface area contributed by atoms with Gasteiger partial charge in [-0.2, -0.15) is 5.10 Å². The summed E-state index contributed by atoms with van der Waals surface area (Å²) in [6, 6.07) is 0. The maximum atomic E-state index is 12.3. The van der Waals surface area contributed by atoms with E-state index in [1.165, 1.54) is 17.1 Å². The molecule has 0 aliphatic carbocycles. The Bertz CT molecular complexity index is 561. The highest BCUT2D eigenvalue weighted by molar-refractivity contribution is 5.94. The molecular formula is C14H19N3O5. The van der Waals surface area contributed by atoms with Crippen molar-refractivity contribution in [2.45, 2.75) is 26.3 Å². The molecule has 1 amide bonds. The van der Waals surface area contributed by atoms with Crippen LogP contribution in [0.25, 0.3) is 0 Å². The Hall–Kier alpha value is -2.38. The molecule has 0 atom stereocenters. The van der Waals surface area contributed by atoms with E-state index >= 15 is 0 Å². The number of carboxylic acids is 1. The summed E-state index contributed by atoms with van der Waals surface area (Å²) in [4.78, 5) is 36.2. The number of aliphatic carboxylic acids is 1. The van der Waals surface area contributed by atoms with Gasteiger partial charge in [-0.15, -0.1) is 0 Å². The van der Waals surface area contributed by atoms with Crippen LogP contribution in [0.5, 0.6) is 0 Å². The number of amides is 1. The number of aromatic nitrogens is 2. The molecular weight excluding hydrogens is 290 g/mol. The fraction of sp³-hybridized carbons (Fsp3) is 0.571. The van der Waals surface area contributed by atoms with Crippen LogP contribution in [0.1, 0.15) is 30.1 Å². The molecule has 1 saturated heterocycles. The number of hydrogen-bond acceptors (Lipinski definition) is 5. The van der Waals surface area contributed by atoms with Gasteiger partial charge in [0.15, 0.2) is 0 Å². The fourth-order valence-corrected chi connectivity index (χ4v) is 2.46. The average molecular weight is 309 g/mol. The van der Waals surface area contributed by atoms with Gasteiger partial charge in [-0.1, -0.05) is 0 Å². The summed E-state index contributed by atoms with van der Waals surface area (Å²) in [6.45, 7) is 2.81. The van der Waals surface area contributed by atoms with Crippen LogP contribution in [0.2, 0.25) is 0 Å². The van der Waals surface area contributed by atoms with E-state index in [4.69, 9.17) is 9.84 Å². The highest BCUT2D eigenvalue weighted by atomic mass is 16.5. The third kappa shape index (κ3) is 3.84. The summed E-state index contributed by atoms with van der Waals surface area (Å²) in [5.41, 5.74) is 0.357. The van der Waals surface area contributed by atoms with Crippen molar-refractivity contribution in [3.8, 4) is 0 Å². The minimum Gasteiger partial charge on any atom is -0.480 e. The molecule has 0 radical (unpaired) electrons. The lowest BCUT2D eigenvalue weighted by Gasteiger charge is -2.30. The highest BCUT2D eigenvalue weighted by Crippen LogP contribution is 2.20. The summed E-state index contributed by atoms with van der Waals surface area (Å²) in [5, 5.41) is 12.5. The number of ether oxygens (including phenoxy) is 1. The molecule has 1 aliphatic rings. The Morgan fingerprint density at radius 1 is 1.36 bits per heavy atom. The molecule has 8 nitrogen and oxygen atoms in total. The first-order chi connectivity index (χ1) is 10.5. The average Bonchev–Trinajstić information content (AvgIpc) is 2.94. The van der Waals surface area contributed by atoms with Gasteiger partial charge in [0.1, 0.15) is 6.54 Å². The zero-order valence-corrected chi connectivity index (χ0v) is 12.4. The smallest absolute Gasteiger partial charge is 0.325 e. The molecule has 1 aliphatic heterocycles. The Balaban J connectivity index is 1.90. The molecule has 120 valence electrons. The number of hydrogen-bond donors (Lipinski definition) is 1. The number of esters is 1. The van der Waals surface area contributed by atoms with Gasteiger partial charge < -0.3 is 14.7 Å². The Labute approximate surface area is 127 Å². The maximum Gasteiger partial charge on any atom is 0.325 e. The van der Waals surface area contributed by atoms with Crippen molar-refractivity contribution in [2.24, 2.45) is 5.92 Å². The van der Waals surface area contributed by atoms with Crippen molar-refractivity contribution in [2.75, 3.05) is 19.7 Å². The molecule has 0 saturated carbocycles. The number of carbonyl (C=O) groups excluding carboxylic acids is 2. The van der Waals surface area contributed by atoms with Gasteiger partial charge in [-0.3, -0.25) is 19.1 Å². The first-order valence-corrected chi connectivity index (χ1v) is 7.21. The summed E-state index contributed by atoms with van der Waals surface area (Å²) >= 11 is 0. The largest absolute Gasteiger partial charge is 0.480 e. The van der Waals surface area contributed by atoms with Crippen molar-refractivity contribution in [1.82, 2.24) is 14.7 Å². The van der Waals surface area contributed by atoms with E-state index in [1.54, 1.807) is 11.8 Å². The SMILES string of the molecule is CCOC(=O)C1CCN(C(=O)c2cnn(CC(=O)O)c2)CC1. The van der Waals surface area contributed by atoms with E-state index in [0.29, 0.717) is 38.1 Å². The molecule has 1 aromatic heterocycles. The van der Waals surface area contributed by atoms with Crippen LogP contribution >= 0.6 is 0 Å². The van der Waals surface area contributed by atoms with Gasteiger partial charge in [0, 0.05) is 19.3 Å². The standard InChI is InChI=1S/C14H19N3O5/c1-2-22-14(21)10-3-5-16(6-4-10)13(20)11-7-15-17(8-11)9-12(18)19/h7-8,10H,2-6,9H2,1H3,(H,18,19). The van der Waals surface area contributed by atoms with Gasteiger partial charge in [0.25, 0.3) is 5.91 Å². The zero-order valence-electron chi connectivity index (χ0n) is 12.4. The molecule has 22 heavy (non-hydrogen) atoms. The molecule has 1 N–H and O–H groups in total. The molecule has 1 aromatic rings. The predicted octanol–water partition coefficient (Wildman–Crippen LogP) is 0.383. The second-order valence-corrected chi connectivity index (χ2v) is 5.14. The Morgan fingerprint density at radius 2 is 2.05 bits per heavy atom. The number of carbonyl (C=O) groups is 3. The third-order valence-electron chi connectivity index (χ3n) is 3.58. The number of carboxylic acid groups (broad SMARTS) is 1. The van der Waals surface area contributed by atoms with Crippen LogP contribution in [0.4, 0.5) is 0 Å². The van der Waals surface area contributed by atoms with Crippen LogP contribution in [0.3, 0.4) is 0 Å². The minimum atomic E-state index is -1.02. The van der Waals surface area contributed by atoms with Crippen LogP contribution in [-0.4, -0.2) is 57.3 Å². The molecule has 1 fully saturated rings. The summed E-state index contributed by atoms with van der Waals surface area (Å²) in [6.07, 6.45) is 3.94. The summed E-state index contributed by atoms with van der Waals surface area (Å²) in [5.74, 6) is -1.57. The van der Waals surface area contributed by atoms with E-state index in [2.05, 4.69) is 5.10 Å². The topological polar surface area (TPSA) is 102 Å². The van der Waals surface area contributed by atoms with Crippen molar-refractivity contribution in [1.29, 1.82) is 0 Å². The van der Waals surface area contributed by atoms with Crippen LogP contribution in [0.15, 0.2) is 12.4 Å². The molecule has 2 heterocycles. The van der Waals surface area contributed by atoms with Gasteiger partial charge >= 0.3 is 11.9 Å². The number of nitrogens with zero attached hydrogens (tertiary/aromatic N) is 3. The van der Waals surface area contributed by atoms with Crippen LogP contribution in [-0.2, 0) is 20.9 Å².